The van der Waals surface area contributed by atoms with Gasteiger partial charge in [0.25, 0.3) is 0 Å². The number of benzene rings is 2. The summed E-state index contributed by atoms with van der Waals surface area (Å²) in [6.45, 7) is 1.57. The molecule has 8 nitrogen and oxygen atoms in total. The number of halogens is 3. The number of carbonyl (C=O) groups is 1. The van der Waals surface area contributed by atoms with Gasteiger partial charge in [0.2, 0.25) is 0 Å². The summed E-state index contributed by atoms with van der Waals surface area (Å²) in [5.74, 6) is -1.29. The molecule has 1 aromatic heterocycles. The minimum absolute atomic E-state index is 0.107. The number of carboxylic acid groups (broad SMARTS) is 1. The molecule has 1 heterocycles. The van der Waals surface area contributed by atoms with Gasteiger partial charge in [0.1, 0.15) is 5.69 Å². The van der Waals surface area contributed by atoms with Gasteiger partial charge in [-0.15, -0.1) is 0 Å². The smallest absolute Gasteiger partial charge is 0.416 e. The number of aromatic hydroxyl groups is 1. The lowest BCUT2D eigenvalue weighted by Gasteiger charge is -2.08. The fourth-order valence-electron chi connectivity index (χ4n) is 2.94. The van der Waals surface area contributed by atoms with Crippen molar-refractivity contribution >= 4 is 34.7 Å². The van der Waals surface area contributed by atoms with Gasteiger partial charge in [-0.25, -0.2) is 4.79 Å². The number of nitrogens with zero attached hydrogens (tertiary/aromatic N) is 3. The van der Waals surface area contributed by atoms with Crippen molar-refractivity contribution in [1.29, 1.82) is 0 Å². The Bertz CT molecular complexity index is 1220. The maximum atomic E-state index is 12.8. The predicted octanol–water partition coefficient (Wildman–Crippen LogP) is 4.22. The van der Waals surface area contributed by atoms with Gasteiger partial charge < -0.3 is 15.5 Å². The second-order valence-corrected chi connectivity index (χ2v) is 7.30. The summed E-state index contributed by atoms with van der Waals surface area (Å²) in [5.41, 5.74) is 3.43. The average Bonchev–Trinajstić information content (AvgIpc) is 3.06. The first-order valence-corrected chi connectivity index (χ1v) is 9.77. The fourth-order valence-corrected chi connectivity index (χ4v) is 3.10. The lowest BCUT2D eigenvalue weighted by atomic mass is 10.1. The SMILES string of the molecule is C/C(=N/NC(=S)Nc1ccc(C(=O)O)cc1)c1nn(C)c(-c2ccc(C(F)(F)F)cc2)c1O. The summed E-state index contributed by atoms with van der Waals surface area (Å²) in [6, 6.07) is 10.3. The van der Waals surface area contributed by atoms with Crippen LogP contribution in [0.1, 0.15) is 28.5 Å². The van der Waals surface area contributed by atoms with Crippen LogP contribution in [-0.2, 0) is 13.2 Å². The fraction of sp³-hybridized carbons (Fsp3) is 0.143. The third-order valence-corrected chi connectivity index (χ3v) is 4.76. The van der Waals surface area contributed by atoms with Crippen LogP contribution in [0, 0.1) is 0 Å². The Labute approximate surface area is 191 Å². The van der Waals surface area contributed by atoms with Crippen LogP contribution in [0.25, 0.3) is 11.3 Å². The topological polar surface area (TPSA) is 112 Å². The van der Waals surface area contributed by atoms with Crippen molar-refractivity contribution in [3.63, 3.8) is 0 Å². The molecule has 4 N–H and O–H groups in total. The van der Waals surface area contributed by atoms with E-state index >= 15 is 0 Å². The van der Waals surface area contributed by atoms with Gasteiger partial charge in [-0.1, -0.05) is 12.1 Å². The molecule has 0 saturated carbocycles. The Balaban J connectivity index is 1.74. The van der Waals surface area contributed by atoms with E-state index < -0.39 is 17.7 Å². The molecule has 0 unspecified atom stereocenters. The molecule has 0 aliphatic rings. The normalized spacial score (nSPS) is 11.8. The van der Waals surface area contributed by atoms with Gasteiger partial charge in [-0.05, 0) is 55.5 Å². The quantitative estimate of drug-likeness (QED) is 0.247. The van der Waals surface area contributed by atoms with Crippen LogP contribution < -0.4 is 10.7 Å². The molecule has 3 aromatic rings. The van der Waals surface area contributed by atoms with E-state index in [1.807, 2.05) is 0 Å². The van der Waals surface area contributed by atoms with E-state index in [0.29, 0.717) is 11.3 Å². The molecule has 172 valence electrons. The molecule has 0 saturated heterocycles. The number of carboxylic acids is 1. The number of hydrogen-bond acceptors (Lipinski definition) is 5. The second-order valence-electron chi connectivity index (χ2n) is 6.89. The van der Waals surface area contributed by atoms with Crippen molar-refractivity contribution in [3.05, 3.63) is 65.4 Å². The average molecular weight is 477 g/mol. The Kier molecular flexibility index (Phi) is 6.68. The standard InChI is InChI=1S/C21H18F3N5O3S/c1-11(26-27-20(33)25-15-9-5-13(6-10-15)19(31)32)16-18(30)17(29(2)28-16)12-3-7-14(8-4-12)21(22,23)24/h3-10,30H,1-2H3,(H,31,32)(H2,25,27,33)/b26-11-. The van der Waals surface area contributed by atoms with Gasteiger partial charge >= 0.3 is 12.1 Å². The zero-order valence-electron chi connectivity index (χ0n) is 17.3. The monoisotopic (exact) mass is 477 g/mol. The van der Waals surface area contributed by atoms with Gasteiger partial charge in [-0.2, -0.15) is 23.4 Å². The second kappa shape index (κ2) is 9.28. The zero-order chi connectivity index (χ0) is 24.3. The van der Waals surface area contributed by atoms with Crippen molar-refractivity contribution in [2.75, 3.05) is 5.32 Å². The summed E-state index contributed by atoms with van der Waals surface area (Å²) >= 11 is 5.15. The van der Waals surface area contributed by atoms with Crippen molar-refractivity contribution in [2.24, 2.45) is 12.1 Å². The Morgan fingerprint density at radius 3 is 2.27 bits per heavy atom. The van der Waals surface area contributed by atoms with Gasteiger partial charge in [0.05, 0.1) is 16.8 Å². The number of nitrogens with one attached hydrogen (secondary N) is 2. The third kappa shape index (κ3) is 5.47. The molecule has 0 bridgehead atoms. The molecule has 2 aromatic carbocycles. The number of aromatic nitrogens is 2. The van der Waals surface area contributed by atoms with Crippen LogP contribution >= 0.6 is 12.2 Å². The van der Waals surface area contributed by atoms with E-state index in [4.69, 9.17) is 17.3 Å². The maximum Gasteiger partial charge on any atom is 0.416 e. The predicted molar refractivity (Wildman–Crippen MR) is 120 cm³/mol. The number of aromatic carboxylic acids is 1. The number of thiocarbonyl (C=S) groups is 1. The highest BCUT2D eigenvalue weighted by molar-refractivity contribution is 7.80. The van der Waals surface area contributed by atoms with Crippen LogP contribution in [0.4, 0.5) is 18.9 Å². The molecule has 0 atom stereocenters. The summed E-state index contributed by atoms with van der Waals surface area (Å²) in [4.78, 5) is 10.9. The highest BCUT2D eigenvalue weighted by Gasteiger charge is 2.30. The Morgan fingerprint density at radius 2 is 1.73 bits per heavy atom. The van der Waals surface area contributed by atoms with E-state index in [-0.39, 0.29) is 33.5 Å². The molecular formula is C21H18F3N5O3S. The maximum absolute atomic E-state index is 12.8. The number of hydrazone groups is 1. The van der Waals surface area contributed by atoms with Crippen LogP contribution in [-0.4, -0.2) is 36.8 Å². The first-order chi connectivity index (χ1) is 15.5. The first-order valence-electron chi connectivity index (χ1n) is 9.36. The highest BCUT2D eigenvalue weighted by Crippen LogP contribution is 2.35. The number of aryl methyl sites for hydroxylation is 1. The number of hydrogen-bond donors (Lipinski definition) is 4. The third-order valence-electron chi connectivity index (χ3n) is 4.57. The Morgan fingerprint density at radius 1 is 1.12 bits per heavy atom. The van der Waals surface area contributed by atoms with Gasteiger partial charge in [0, 0.05) is 18.3 Å². The van der Waals surface area contributed by atoms with Crippen molar-refractivity contribution in [2.45, 2.75) is 13.1 Å². The van der Waals surface area contributed by atoms with E-state index in [0.717, 1.165) is 12.1 Å². The molecule has 0 fully saturated rings. The van der Waals surface area contributed by atoms with Crippen molar-refractivity contribution < 1.29 is 28.2 Å². The lowest BCUT2D eigenvalue weighted by Crippen LogP contribution is -2.25. The minimum atomic E-state index is -4.46. The van der Waals surface area contributed by atoms with Crippen molar-refractivity contribution in [3.8, 4) is 17.0 Å². The van der Waals surface area contributed by atoms with Crippen LogP contribution in [0.3, 0.4) is 0 Å². The number of rotatable bonds is 5. The van der Waals surface area contributed by atoms with Gasteiger partial charge in [-0.3, -0.25) is 10.1 Å². The van der Waals surface area contributed by atoms with E-state index in [1.54, 1.807) is 14.0 Å². The van der Waals surface area contributed by atoms with Gasteiger partial charge in [0.15, 0.2) is 16.6 Å². The zero-order valence-corrected chi connectivity index (χ0v) is 18.1. The molecule has 0 amide bonds. The molecule has 33 heavy (non-hydrogen) atoms. The summed E-state index contributed by atoms with van der Waals surface area (Å²) in [5, 5.41) is 30.8. The minimum Gasteiger partial charge on any atom is -0.504 e. The van der Waals surface area contributed by atoms with Crippen molar-refractivity contribution in [1.82, 2.24) is 15.2 Å². The molecular weight excluding hydrogens is 459 g/mol. The van der Waals surface area contributed by atoms with E-state index in [1.165, 1.54) is 41.1 Å². The summed E-state index contributed by atoms with van der Waals surface area (Å²) < 4.78 is 39.7. The number of alkyl halides is 3. The molecule has 0 spiro atoms. The molecule has 0 radical (unpaired) electrons. The van der Waals surface area contributed by atoms with Crippen LogP contribution in [0.2, 0.25) is 0 Å². The first kappa shape index (κ1) is 23.7. The summed E-state index contributed by atoms with van der Waals surface area (Å²) in [7, 11) is 1.55. The largest absolute Gasteiger partial charge is 0.504 e. The highest BCUT2D eigenvalue weighted by atomic mass is 32.1. The van der Waals surface area contributed by atoms with E-state index in [9.17, 15) is 23.1 Å². The molecule has 12 heteroatoms. The van der Waals surface area contributed by atoms with E-state index in [2.05, 4.69) is 20.9 Å². The lowest BCUT2D eigenvalue weighted by molar-refractivity contribution is -0.137. The molecule has 0 aliphatic carbocycles. The molecule has 3 rings (SSSR count). The summed E-state index contributed by atoms with van der Waals surface area (Å²) in [6.07, 6.45) is -4.46. The number of anilines is 1. The molecule has 0 aliphatic heterocycles. The Hall–Kier alpha value is -3.93. The van der Waals surface area contributed by atoms with Crippen LogP contribution in [0.15, 0.2) is 53.6 Å². The van der Waals surface area contributed by atoms with Crippen LogP contribution in [0.5, 0.6) is 5.75 Å².